The van der Waals surface area contributed by atoms with Crippen LogP contribution in [0.5, 0.6) is 5.75 Å². The summed E-state index contributed by atoms with van der Waals surface area (Å²) in [4.78, 5) is 20.3. The number of benzene rings is 2. The van der Waals surface area contributed by atoms with E-state index in [2.05, 4.69) is 15.5 Å². The van der Waals surface area contributed by atoms with Gasteiger partial charge >= 0.3 is 17.4 Å². The van der Waals surface area contributed by atoms with E-state index in [0.717, 1.165) is 6.92 Å². The van der Waals surface area contributed by atoms with E-state index in [-0.39, 0.29) is 22.8 Å². The van der Waals surface area contributed by atoms with Crippen molar-refractivity contribution in [1.29, 1.82) is 0 Å². The smallest absolute Gasteiger partial charge is 0.870 e. The first kappa shape index (κ1) is 27.7. The Morgan fingerprint density at radius 3 is 2.26 bits per heavy atom. The third-order valence-electron chi connectivity index (χ3n) is 3.35. The van der Waals surface area contributed by atoms with E-state index in [1.165, 1.54) is 12.1 Å². The molecule has 0 saturated heterocycles. The van der Waals surface area contributed by atoms with Gasteiger partial charge in [-0.25, -0.2) is 0 Å². The van der Waals surface area contributed by atoms with E-state index >= 15 is 0 Å². The first-order chi connectivity index (χ1) is 13.5. The molecule has 31 heavy (non-hydrogen) atoms. The summed E-state index contributed by atoms with van der Waals surface area (Å²) in [5.74, 6) is -3.20. The Morgan fingerprint density at radius 1 is 1.19 bits per heavy atom. The van der Waals surface area contributed by atoms with Gasteiger partial charge in [0.25, 0.3) is 15.8 Å². The number of allylic oxidation sites excluding steroid dienone is 1. The molecule has 0 spiro atoms. The summed E-state index contributed by atoms with van der Waals surface area (Å²) in [5, 5.41) is 44.3. The normalized spacial score (nSPS) is 11.7. The van der Waals surface area contributed by atoms with Gasteiger partial charge in [0, 0.05) is 24.7 Å². The minimum Gasteiger partial charge on any atom is -0.870 e. The summed E-state index contributed by atoms with van der Waals surface area (Å²) in [5.41, 5.74) is -2.14. The molecule has 15 heteroatoms. The zero-order valence-corrected chi connectivity index (χ0v) is 17.5. The Hall–Kier alpha value is -3.35. The number of hydrogen-bond donors (Lipinski definition) is 2. The van der Waals surface area contributed by atoms with Crippen LogP contribution in [-0.2, 0) is 32.3 Å². The Morgan fingerprint density at radius 2 is 1.77 bits per heavy atom. The first-order valence-electron chi connectivity index (χ1n) is 7.63. The fourth-order valence-electron chi connectivity index (χ4n) is 2.04. The molecule has 1 radical (unpaired) electrons. The van der Waals surface area contributed by atoms with Gasteiger partial charge in [0.05, 0.1) is 15.5 Å². The molecule has 163 valence electrons. The topological polar surface area (TPSA) is 227 Å². The van der Waals surface area contributed by atoms with Crippen molar-refractivity contribution >= 4 is 33.0 Å². The number of nitrogens with zero attached hydrogens (tertiary/aromatic N) is 3. The van der Waals surface area contributed by atoms with Gasteiger partial charge in [-0.2, -0.15) is 13.5 Å². The number of non-ortho nitro benzene ring substituents is 1. The molecular formula is C16H13CrN4O9S. The zero-order valence-electron chi connectivity index (χ0n) is 15.5. The van der Waals surface area contributed by atoms with Crippen molar-refractivity contribution in [3.05, 3.63) is 64.2 Å². The van der Waals surface area contributed by atoms with Crippen molar-refractivity contribution in [3.8, 4) is 5.75 Å². The summed E-state index contributed by atoms with van der Waals surface area (Å²) in [6.45, 7) is 0.994. The molecule has 0 bridgehead atoms. The van der Waals surface area contributed by atoms with Crippen LogP contribution >= 0.6 is 0 Å². The second kappa shape index (κ2) is 11.2. The summed E-state index contributed by atoms with van der Waals surface area (Å²) < 4.78 is 31.6. The van der Waals surface area contributed by atoms with Gasteiger partial charge in [0.2, 0.25) is 0 Å². The van der Waals surface area contributed by atoms with Crippen LogP contribution in [-0.4, -0.2) is 29.2 Å². The maximum Gasteiger partial charge on any atom is 3.00 e. The summed E-state index contributed by atoms with van der Waals surface area (Å²) in [6.07, 6.45) is 0. The molecule has 3 N–H and O–H groups in total. The van der Waals surface area contributed by atoms with Crippen molar-refractivity contribution < 1.29 is 55.7 Å². The number of carbonyl (C=O) groups is 1. The summed E-state index contributed by atoms with van der Waals surface area (Å²) in [6, 6.07) is 8.93. The Bertz CT molecular complexity index is 1140. The molecule has 0 saturated carbocycles. The molecule has 0 unspecified atom stereocenters. The number of azo groups is 1. The molecule has 0 aromatic heterocycles. The van der Waals surface area contributed by atoms with Crippen LogP contribution < -0.4 is 15.5 Å². The molecule has 0 atom stereocenters. The quantitative estimate of drug-likeness (QED) is 0.140. The number of carbonyl (C=O) groups excluding carboxylic acids is 1. The summed E-state index contributed by atoms with van der Waals surface area (Å²) >= 11 is 0. The van der Waals surface area contributed by atoms with Crippen LogP contribution in [0.4, 0.5) is 17.1 Å². The number of nitro benzene ring substituents is 1. The molecule has 0 amide bonds. The van der Waals surface area contributed by atoms with Crippen LogP contribution in [0.2, 0.25) is 0 Å². The van der Waals surface area contributed by atoms with E-state index in [1.807, 2.05) is 0 Å². The largest absolute Gasteiger partial charge is 3.00 e. The minimum absolute atomic E-state index is 0. The number of ketones is 1. The molecule has 0 heterocycles. The fourth-order valence-corrected chi connectivity index (χ4v) is 2.64. The molecule has 2 aromatic rings. The zero-order chi connectivity index (χ0) is 21.8. The van der Waals surface area contributed by atoms with Crippen molar-refractivity contribution in [2.24, 2.45) is 10.2 Å². The van der Waals surface area contributed by atoms with E-state index in [4.69, 9.17) is 4.55 Å². The van der Waals surface area contributed by atoms with Gasteiger partial charge in [-0.15, -0.1) is 5.11 Å². The predicted octanol–water partition coefficient (Wildman–Crippen LogP) is 1.05. The third kappa shape index (κ3) is 7.13. The number of nitrogens with one attached hydrogen (secondary N) is 1. The van der Waals surface area contributed by atoms with Gasteiger partial charge in [-0.3, -0.25) is 19.5 Å². The van der Waals surface area contributed by atoms with Crippen molar-refractivity contribution in [1.82, 2.24) is 0 Å². The fraction of sp³-hybridized carbons (Fsp3) is 0.0625. The minimum atomic E-state index is -5.10. The van der Waals surface area contributed by atoms with Crippen LogP contribution in [0.15, 0.2) is 69.2 Å². The molecular weight excluding hydrogens is 476 g/mol. The second-order valence-corrected chi connectivity index (χ2v) is 6.84. The van der Waals surface area contributed by atoms with E-state index in [0.29, 0.717) is 17.8 Å². The number of hydrogen-bond acceptors (Lipinski definition) is 11. The number of para-hydroxylation sites is 1. The van der Waals surface area contributed by atoms with Crippen LogP contribution in [0.1, 0.15) is 6.92 Å². The molecule has 2 aromatic carbocycles. The van der Waals surface area contributed by atoms with Gasteiger partial charge in [-0.05, 0) is 18.0 Å². The van der Waals surface area contributed by atoms with E-state index < -0.39 is 54.4 Å². The first-order valence-corrected chi connectivity index (χ1v) is 9.07. The molecule has 0 fully saturated rings. The van der Waals surface area contributed by atoms with Gasteiger partial charge in [0.1, 0.15) is 5.70 Å². The van der Waals surface area contributed by atoms with Crippen molar-refractivity contribution in [3.63, 3.8) is 0 Å². The van der Waals surface area contributed by atoms with Crippen LogP contribution in [0, 0.1) is 10.1 Å². The average Bonchev–Trinajstić information content (AvgIpc) is 2.62. The number of nitro groups is 1. The van der Waals surface area contributed by atoms with Crippen molar-refractivity contribution in [2.75, 3.05) is 5.32 Å². The van der Waals surface area contributed by atoms with Gasteiger partial charge < -0.3 is 21.0 Å². The van der Waals surface area contributed by atoms with E-state index in [9.17, 15) is 33.5 Å². The Kier molecular flexibility index (Phi) is 9.95. The maximum atomic E-state index is 12.2. The van der Waals surface area contributed by atoms with E-state index in [1.54, 1.807) is 18.2 Å². The SMILES string of the molecule is CC(=O)/C(N=Nc1cc([N+](=O)[O-])cc(S(=O)(=O)O)c1[O-])=C(/[O-])Nc1ccccc1.[Cr+3].[OH-]. The van der Waals surface area contributed by atoms with Gasteiger partial charge in [-0.1, -0.05) is 23.9 Å². The van der Waals surface area contributed by atoms with Crippen LogP contribution in [0.3, 0.4) is 0 Å². The van der Waals surface area contributed by atoms with Crippen LogP contribution in [0.25, 0.3) is 0 Å². The van der Waals surface area contributed by atoms with Crippen molar-refractivity contribution in [2.45, 2.75) is 11.8 Å². The maximum absolute atomic E-state index is 12.2. The number of rotatable bonds is 7. The second-order valence-electron chi connectivity index (χ2n) is 5.45. The predicted molar refractivity (Wildman–Crippen MR) is 96.6 cm³/mol. The monoisotopic (exact) mass is 489 g/mol. The Balaban J connectivity index is 0.00000450. The average molecular weight is 489 g/mol. The summed E-state index contributed by atoms with van der Waals surface area (Å²) in [7, 11) is -5.10. The Labute approximate surface area is 186 Å². The molecule has 13 nitrogen and oxygen atoms in total. The number of anilines is 1. The van der Waals surface area contributed by atoms with Gasteiger partial charge in [0.15, 0.2) is 5.78 Å². The third-order valence-corrected chi connectivity index (χ3v) is 4.21. The molecule has 0 aliphatic heterocycles. The molecule has 2 rings (SSSR count). The standard InChI is InChI=1S/C16H14N4O8S.Cr.H2O/c1-9(21)14(16(23)17-10-5-3-2-4-6-10)19-18-12-7-11(20(24)25)8-13(15(12)22)29(26,27)28;;/h2-8,17,22-23H,1H3,(H,26,27,28);;1H2/q;+3;/p-3/b16-14-,19-18?;;. The molecule has 0 aliphatic carbocycles. The number of Topliss-reactive ketones (excluding diaryl/α,β-unsaturated/α-hetero) is 1. The molecule has 0 aliphatic rings.